The summed E-state index contributed by atoms with van der Waals surface area (Å²) in [5.41, 5.74) is 0. The van der Waals surface area contributed by atoms with Gasteiger partial charge in [-0.2, -0.15) is 0 Å². The monoisotopic (exact) mass is 441 g/mol. The largest absolute Gasteiger partial charge is 0.492 e. The average Bonchev–Trinajstić information content (AvgIpc) is 2.37. The van der Waals surface area contributed by atoms with Crippen LogP contribution in [0.1, 0.15) is 0 Å². The molecule has 0 unspecified atom stereocenters. The predicted molar refractivity (Wildman–Crippen MR) is 100 cm³/mol. The summed E-state index contributed by atoms with van der Waals surface area (Å²) >= 11 is 0. The third-order valence-electron chi connectivity index (χ3n) is 2.67. The molecule has 0 saturated carbocycles. The van der Waals surface area contributed by atoms with E-state index < -0.39 is 9.84 Å². The second kappa shape index (κ2) is 9.19. The number of sulfone groups is 1. The van der Waals surface area contributed by atoms with Gasteiger partial charge in [0.1, 0.15) is 12.4 Å². The van der Waals surface area contributed by atoms with E-state index in [-0.39, 0.29) is 28.9 Å². The first-order chi connectivity index (χ1) is 9.71. The van der Waals surface area contributed by atoms with E-state index in [1.54, 1.807) is 24.3 Å². The Bertz CT molecular complexity index is 574. The van der Waals surface area contributed by atoms with Crippen LogP contribution >= 0.6 is 24.0 Å². The molecule has 0 aliphatic carbocycles. The van der Waals surface area contributed by atoms with Crippen molar-refractivity contribution in [1.29, 1.82) is 0 Å². The Morgan fingerprint density at radius 2 is 1.59 bits per heavy atom. The van der Waals surface area contributed by atoms with Gasteiger partial charge < -0.3 is 14.5 Å². The highest BCUT2D eigenvalue weighted by molar-refractivity contribution is 14.0. The molecular weight excluding hydrogens is 417 g/mol. The Hall–Kier alpha value is -1.03. The van der Waals surface area contributed by atoms with Gasteiger partial charge in [0.05, 0.1) is 11.4 Å². The van der Waals surface area contributed by atoms with Crippen LogP contribution in [0.25, 0.3) is 0 Å². The quantitative estimate of drug-likeness (QED) is 0.301. The van der Waals surface area contributed by atoms with Crippen LogP contribution in [0.4, 0.5) is 0 Å². The van der Waals surface area contributed by atoms with Crippen molar-refractivity contribution < 1.29 is 13.2 Å². The van der Waals surface area contributed by atoms with Crippen LogP contribution in [0, 0.1) is 0 Å². The minimum Gasteiger partial charge on any atom is -0.492 e. The third-order valence-corrected chi connectivity index (χ3v) is 3.79. The van der Waals surface area contributed by atoms with Gasteiger partial charge in [-0.25, -0.2) is 13.4 Å². The smallest absolute Gasteiger partial charge is 0.195 e. The molecule has 22 heavy (non-hydrogen) atoms. The number of aliphatic imine (C=N–C) groups is 1. The first-order valence-electron chi connectivity index (χ1n) is 6.54. The number of ether oxygens (including phenoxy) is 1. The van der Waals surface area contributed by atoms with Crippen molar-refractivity contribution in [2.24, 2.45) is 4.99 Å². The molecule has 0 bridgehead atoms. The molecule has 0 saturated heterocycles. The lowest BCUT2D eigenvalue weighted by molar-refractivity contribution is 0.326. The molecule has 0 atom stereocenters. The standard InChI is InChI=1S/C14H23N3O3S.HI/c1-16(2)14(17(3)4)15-10-11-20-12-6-8-13(9-7-12)21(5,18)19;/h6-9H,10-11H2,1-5H3;1H. The number of hydrogen-bond acceptors (Lipinski definition) is 4. The van der Waals surface area contributed by atoms with Crippen LogP contribution in [0.2, 0.25) is 0 Å². The Kier molecular flexibility index (Phi) is 8.76. The molecular formula is C14H24IN3O3S. The van der Waals surface area contributed by atoms with Crippen LogP contribution < -0.4 is 4.74 Å². The second-order valence-electron chi connectivity index (χ2n) is 5.06. The first kappa shape index (κ1) is 21.0. The Labute approximate surface area is 150 Å². The molecule has 0 spiro atoms. The number of guanidine groups is 1. The maximum atomic E-state index is 11.3. The van der Waals surface area contributed by atoms with Crippen LogP contribution in [0.15, 0.2) is 34.2 Å². The van der Waals surface area contributed by atoms with Crippen molar-refractivity contribution in [2.75, 3.05) is 47.6 Å². The summed E-state index contributed by atoms with van der Waals surface area (Å²) in [5.74, 6) is 1.50. The average molecular weight is 441 g/mol. The highest BCUT2D eigenvalue weighted by atomic mass is 127. The van der Waals surface area contributed by atoms with Crippen LogP contribution in [-0.4, -0.2) is 71.8 Å². The normalized spacial score (nSPS) is 10.4. The molecule has 0 aliphatic heterocycles. The zero-order valence-corrected chi connectivity index (χ0v) is 16.8. The molecule has 1 aromatic carbocycles. The summed E-state index contributed by atoms with van der Waals surface area (Å²) in [5, 5.41) is 0. The fraction of sp³-hybridized carbons (Fsp3) is 0.500. The van der Waals surface area contributed by atoms with E-state index >= 15 is 0 Å². The van der Waals surface area contributed by atoms with E-state index in [4.69, 9.17) is 4.74 Å². The highest BCUT2D eigenvalue weighted by Crippen LogP contribution is 2.15. The van der Waals surface area contributed by atoms with Crippen molar-refractivity contribution in [1.82, 2.24) is 9.80 Å². The van der Waals surface area contributed by atoms with Gasteiger partial charge in [0.15, 0.2) is 15.8 Å². The van der Waals surface area contributed by atoms with Gasteiger partial charge in [0, 0.05) is 34.4 Å². The molecule has 0 heterocycles. The minimum absolute atomic E-state index is 0. The molecule has 1 rings (SSSR count). The fourth-order valence-corrected chi connectivity index (χ4v) is 2.41. The highest BCUT2D eigenvalue weighted by Gasteiger charge is 2.06. The van der Waals surface area contributed by atoms with E-state index in [0.717, 1.165) is 5.96 Å². The van der Waals surface area contributed by atoms with Gasteiger partial charge in [0.2, 0.25) is 0 Å². The number of hydrogen-bond donors (Lipinski definition) is 0. The second-order valence-corrected chi connectivity index (χ2v) is 7.08. The summed E-state index contributed by atoms with van der Waals surface area (Å²) in [6.07, 6.45) is 1.18. The molecule has 0 aliphatic rings. The molecule has 0 amide bonds. The van der Waals surface area contributed by atoms with Crippen molar-refractivity contribution in [3.05, 3.63) is 24.3 Å². The molecule has 0 fully saturated rings. The molecule has 126 valence electrons. The van der Waals surface area contributed by atoms with Gasteiger partial charge >= 0.3 is 0 Å². The summed E-state index contributed by atoms with van der Waals surface area (Å²) in [4.78, 5) is 8.59. The van der Waals surface area contributed by atoms with Crippen molar-refractivity contribution >= 4 is 39.8 Å². The van der Waals surface area contributed by atoms with Gasteiger partial charge in [-0.3, -0.25) is 0 Å². The molecule has 0 aromatic heterocycles. The summed E-state index contributed by atoms with van der Waals surface area (Å²) in [7, 11) is 4.57. The first-order valence-corrected chi connectivity index (χ1v) is 8.43. The number of nitrogens with zero attached hydrogens (tertiary/aromatic N) is 3. The third kappa shape index (κ3) is 6.82. The Morgan fingerprint density at radius 3 is 2.00 bits per heavy atom. The van der Waals surface area contributed by atoms with E-state index in [2.05, 4.69) is 4.99 Å². The zero-order chi connectivity index (χ0) is 16.0. The van der Waals surface area contributed by atoms with Gasteiger partial charge in [0.25, 0.3) is 0 Å². The van der Waals surface area contributed by atoms with E-state index in [0.29, 0.717) is 18.9 Å². The van der Waals surface area contributed by atoms with E-state index in [1.807, 2.05) is 38.0 Å². The van der Waals surface area contributed by atoms with Crippen LogP contribution in [0.5, 0.6) is 5.75 Å². The van der Waals surface area contributed by atoms with Gasteiger partial charge in [-0.05, 0) is 24.3 Å². The number of benzene rings is 1. The lowest BCUT2D eigenvalue weighted by atomic mass is 10.3. The van der Waals surface area contributed by atoms with E-state index in [1.165, 1.54) is 6.26 Å². The van der Waals surface area contributed by atoms with Gasteiger partial charge in [-0.15, -0.1) is 24.0 Å². The molecule has 1 aromatic rings. The van der Waals surface area contributed by atoms with E-state index in [9.17, 15) is 8.42 Å². The molecule has 8 heteroatoms. The predicted octanol–water partition coefficient (Wildman–Crippen LogP) is 1.57. The van der Waals surface area contributed by atoms with Crippen LogP contribution in [-0.2, 0) is 9.84 Å². The summed E-state index contributed by atoms with van der Waals surface area (Å²) in [6, 6.07) is 6.38. The van der Waals surface area contributed by atoms with Crippen LogP contribution in [0.3, 0.4) is 0 Å². The summed E-state index contributed by atoms with van der Waals surface area (Å²) in [6.45, 7) is 0.961. The lowest BCUT2D eigenvalue weighted by Gasteiger charge is -2.22. The molecule has 0 N–H and O–H groups in total. The Morgan fingerprint density at radius 1 is 1.09 bits per heavy atom. The fourth-order valence-electron chi connectivity index (χ4n) is 1.78. The number of halogens is 1. The van der Waals surface area contributed by atoms with Crippen molar-refractivity contribution in [3.63, 3.8) is 0 Å². The maximum absolute atomic E-state index is 11.3. The minimum atomic E-state index is -3.16. The summed E-state index contributed by atoms with van der Waals surface area (Å²) < 4.78 is 28.2. The topological polar surface area (TPSA) is 62.2 Å². The molecule has 0 radical (unpaired) electrons. The zero-order valence-electron chi connectivity index (χ0n) is 13.6. The molecule has 6 nitrogen and oxygen atoms in total. The SMILES string of the molecule is CN(C)C(=NCCOc1ccc(S(C)(=O)=O)cc1)N(C)C.I. The number of rotatable bonds is 5. The maximum Gasteiger partial charge on any atom is 0.195 e. The van der Waals surface area contributed by atoms with Gasteiger partial charge in [-0.1, -0.05) is 0 Å². The van der Waals surface area contributed by atoms with Crippen molar-refractivity contribution in [3.8, 4) is 5.75 Å². The van der Waals surface area contributed by atoms with Crippen molar-refractivity contribution in [2.45, 2.75) is 4.90 Å². The Balaban J connectivity index is 0.00000441. The lowest BCUT2D eigenvalue weighted by Crippen LogP contribution is -2.35.